The Bertz CT molecular complexity index is 1500. The van der Waals surface area contributed by atoms with Crippen LogP contribution in [0.5, 0.6) is 0 Å². The van der Waals surface area contributed by atoms with Gasteiger partial charge in [0.25, 0.3) is 0 Å². The van der Waals surface area contributed by atoms with E-state index in [-0.39, 0.29) is 0 Å². The van der Waals surface area contributed by atoms with E-state index in [4.69, 9.17) is 4.98 Å². The van der Waals surface area contributed by atoms with Gasteiger partial charge in [-0.15, -0.1) is 0 Å². The molecule has 2 nitrogen and oxygen atoms in total. The molecule has 5 aromatic rings. The number of hydrogen-bond acceptors (Lipinski definition) is 1. The predicted octanol–water partition coefficient (Wildman–Crippen LogP) is 6.37. The number of pyridine rings is 1. The van der Waals surface area contributed by atoms with Crippen LogP contribution >= 0.6 is 0 Å². The lowest BCUT2D eigenvalue weighted by atomic mass is 10.0. The standard InChI is InChI=1S/C24H16N2.2C2H6/c1-2-10-18-19-15-14-16-8-4-5-9-17(16)23(19)24-25-20-11-6-7-13-22(20)26(24)21(18)12-3-1;2*1-2/h1,3-15H,2H2;2*1-2H3. The number of hydrogen-bond donors (Lipinski definition) is 0. The Morgan fingerprint density at radius 2 is 1.57 bits per heavy atom. The Labute approximate surface area is 177 Å². The van der Waals surface area contributed by atoms with Crippen LogP contribution in [0, 0.1) is 0 Å². The summed E-state index contributed by atoms with van der Waals surface area (Å²) in [6.45, 7) is 8.00. The molecule has 0 aliphatic heterocycles. The average molecular weight is 393 g/mol. The monoisotopic (exact) mass is 392 g/mol. The summed E-state index contributed by atoms with van der Waals surface area (Å²) in [6, 6.07) is 21.5. The highest BCUT2D eigenvalue weighted by Gasteiger charge is 2.13. The molecule has 1 aliphatic carbocycles. The predicted molar refractivity (Wildman–Crippen MR) is 132 cm³/mol. The SMILES string of the molecule is C1=CCC=c2c(n3c4ccccc4nc3c3c2ccc2ccccc23)=C1.CC.CC. The third kappa shape index (κ3) is 3.00. The topological polar surface area (TPSA) is 17.3 Å². The molecule has 0 N–H and O–H groups in total. The van der Waals surface area contributed by atoms with Crippen LogP contribution in [0.4, 0.5) is 0 Å². The molecule has 0 radical (unpaired) electrons. The van der Waals surface area contributed by atoms with Crippen LogP contribution in [0.1, 0.15) is 34.1 Å². The van der Waals surface area contributed by atoms with Gasteiger partial charge in [0, 0.05) is 10.6 Å². The van der Waals surface area contributed by atoms with Crippen LogP contribution in [-0.4, -0.2) is 9.38 Å². The van der Waals surface area contributed by atoms with Gasteiger partial charge >= 0.3 is 0 Å². The van der Waals surface area contributed by atoms with Crippen molar-refractivity contribution in [2.24, 2.45) is 0 Å². The zero-order chi connectivity index (χ0) is 21.1. The minimum Gasteiger partial charge on any atom is -0.292 e. The van der Waals surface area contributed by atoms with Crippen molar-refractivity contribution >= 4 is 50.4 Å². The number of imidazole rings is 1. The number of fused-ring (bicyclic) bond motifs is 10. The van der Waals surface area contributed by atoms with Gasteiger partial charge in [0.2, 0.25) is 0 Å². The second kappa shape index (κ2) is 8.54. The normalized spacial score (nSPS) is 12.3. The minimum absolute atomic E-state index is 0.948. The Kier molecular flexibility index (Phi) is 5.67. The summed E-state index contributed by atoms with van der Waals surface area (Å²) in [4.78, 5) is 5.04. The lowest BCUT2D eigenvalue weighted by Crippen LogP contribution is -2.32. The highest BCUT2D eigenvalue weighted by atomic mass is 15.0. The first-order valence-corrected chi connectivity index (χ1v) is 11.0. The van der Waals surface area contributed by atoms with Crippen LogP contribution in [0.3, 0.4) is 0 Å². The summed E-state index contributed by atoms with van der Waals surface area (Å²) < 4.78 is 2.32. The van der Waals surface area contributed by atoms with E-state index in [1.807, 2.05) is 27.7 Å². The van der Waals surface area contributed by atoms with Crippen LogP contribution < -0.4 is 10.6 Å². The first-order valence-electron chi connectivity index (χ1n) is 11.0. The van der Waals surface area contributed by atoms with Gasteiger partial charge < -0.3 is 0 Å². The van der Waals surface area contributed by atoms with Gasteiger partial charge in [-0.3, -0.25) is 4.40 Å². The first kappa shape index (κ1) is 19.9. The van der Waals surface area contributed by atoms with Crippen LogP contribution in [-0.2, 0) is 0 Å². The molecule has 0 spiro atoms. The van der Waals surface area contributed by atoms with E-state index in [1.54, 1.807) is 0 Å². The van der Waals surface area contributed by atoms with Crippen molar-refractivity contribution in [2.45, 2.75) is 34.1 Å². The maximum atomic E-state index is 5.04. The zero-order valence-electron chi connectivity index (χ0n) is 18.2. The van der Waals surface area contributed by atoms with Crippen molar-refractivity contribution in [1.82, 2.24) is 9.38 Å². The lowest BCUT2D eigenvalue weighted by Gasteiger charge is -2.09. The highest BCUT2D eigenvalue weighted by Crippen LogP contribution is 2.28. The molecule has 1 aliphatic rings. The summed E-state index contributed by atoms with van der Waals surface area (Å²) >= 11 is 0. The maximum Gasteiger partial charge on any atom is 0.147 e. The van der Waals surface area contributed by atoms with E-state index in [2.05, 4.69) is 89.4 Å². The van der Waals surface area contributed by atoms with E-state index < -0.39 is 0 Å². The fourth-order valence-electron chi connectivity index (χ4n) is 4.24. The number of para-hydroxylation sites is 2. The Balaban J connectivity index is 0.000000516. The molecule has 2 heterocycles. The van der Waals surface area contributed by atoms with Crippen LogP contribution in [0.25, 0.3) is 50.4 Å². The van der Waals surface area contributed by atoms with E-state index >= 15 is 0 Å². The van der Waals surface area contributed by atoms with Gasteiger partial charge in [-0.1, -0.05) is 94.5 Å². The number of aromatic nitrogens is 2. The van der Waals surface area contributed by atoms with E-state index in [9.17, 15) is 0 Å². The zero-order valence-corrected chi connectivity index (χ0v) is 18.2. The average Bonchev–Trinajstić information content (AvgIpc) is 3.04. The third-order valence-corrected chi connectivity index (χ3v) is 5.37. The molecule has 30 heavy (non-hydrogen) atoms. The number of rotatable bonds is 0. The van der Waals surface area contributed by atoms with Gasteiger partial charge in [-0.2, -0.15) is 0 Å². The molecule has 0 saturated carbocycles. The van der Waals surface area contributed by atoms with E-state index in [0.717, 1.165) is 23.1 Å². The lowest BCUT2D eigenvalue weighted by molar-refractivity contribution is 1.16. The largest absolute Gasteiger partial charge is 0.292 e. The molecule has 6 rings (SSSR count). The second-order valence-corrected chi connectivity index (χ2v) is 6.80. The van der Waals surface area contributed by atoms with Crippen molar-refractivity contribution in [2.75, 3.05) is 0 Å². The second-order valence-electron chi connectivity index (χ2n) is 6.80. The quantitative estimate of drug-likeness (QED) is 0.280. The maximum absolute atomic E-state index is 5.04. The molecule has 2 aromatic heterocycles. The van der Waals surface area contributed by atoms with Crippen molar-refractivity contribution < 1.29 is 0 Å². The molecular formula is C28H28N2. The molecular weight excluding hydrogens is 364 g/mol. The van der Waals surface area contributed by atoms with Crippen molar-refractivity contribution in [3.8, 4) is 0 Å². The third-order valence-electron chi connectivity index (χ3n) is 5.37. The molecule has 0 fully saturated rings. The Hall–Kier alpha value is -3.39. The molecule has 0 unspecified atom stereocenters. The molecule has 2 heteroatoms. The van der Waals surface area contributed by atoms with Crippen LogP contribution in [0.15, 0.2) is 72.8 Å². The van der Waals surface area contributed by atoms with Gasteiger partial charge in [-0.05, 0) is 40.8 Å². The summed E-state index contributed by atoms with van der Waals surface area (Å²) in [5.41, 5.74) is 3.24. The summed E-state index contributed by atoms with van der Waals surface area (Å²) in [5, 5.41) is 7.55. The van der Waals surface area contributed by atoms with Gasteiger partial charge in [0.15, 0.2) is 0 Å². The molecule has 3 aromatic carbocycles. The Morgan fingerprint density at radius 1 is 0.800 bits per heavy atom. The molecule has 150 valence electrons. The van der Waals surface area contributed by atoms with Crippen LogP contribution in [0.2, 0.25) is 0 Å². The number of nitrogens with zero attached hydrogens (tertiary/aromatic N) is 2. The van der Waals surface area contributed by atoms with Gasteiger partial charge in [0.1, 0.15) is 5.65 Å². The molecule has 0 amide bonds. The first-order chi connectivity index (χ1) is 14.9. The smallest absolute Gasteiger partial charge is 0.147 e. The Morgan fingerprint density at radius 3 is 2.43 bits per heavy atom. The molecule has 0 saturated heterocycles. The van der Waals surface area contributed by atoms with Crippen molar-refractivity contribution in [1.29, 1.82) is 0 Å². The van der Waals surface area contributed by atoms with Gasteiger partial charge in [-0.25, -0.2) is 4.98 Å². The molecule has 0 bridgehead atoms. The molecule has 0 atom stereocenters. The summed E-state index contributed by atoms with van der Waals surface area (Å²) in [7, 11) is 0. The van der Waals surface area contributed by atoms with Crippen molar-refractivity contribution in [3.63, 3.8) is 0 Å². The van der Waals surface area contributed by atoms with E-state index in [1.165, 1.54) is 32.1 Å². The van der Waals surface area contributed by atoms with E-state index in [0.29, 0.717) is 0 Å². The number of benzene rings is 3. The summed E-state index contributed by atoms with van der Waals surface area (Å²) in [6.07, 6.45) is 9.86. The summed E-state index contributed by atoms with van der Waals surface area (Å²) in [5.74, 6) is 0. The highest BCUT2D eigenvalue weighted by molar-refractivity contribution is 6.15. The minimum atomic E-state index is 0.948. The van der Waals surface area contributed by atoms with Gasteiger partial charge in [0.05, 0.1) is 16.4 Å². The fraction of sp³-hybridized carbons (Fsp3) is 0.179. The van der Waals surface area contributed by atoms with Crippen molar-refractivity contribution in [3.05, 3.63) is 83.4 Å². The number of allylic oxidation sites excluding steroid dienone is 2. The fourth-order valence-corrected chi connectivity index (χ4v) is 4.24.